The molecule has 0 aliphatic heterocycles. The maximum atomic E-state index is 11.0. The molecule has 1 heterocycles. The van der Waals surface area contributed by atoms with Crippen LogP contribution in [0.15, 0.2) is 18.2 Å². The molecule has 2 aliphatic rings. The Hall–Kier alpha value is -1.97. The zero-order valence-electron chi connectivity index (χ0n) is 9.76. The van der Waals surface area contributed by atoms with Crippen LogP contribution in [0, 0.1) is 0 Å². The standard InChI is InChI=1S/C14H12N2O2/c17-14(18)9-3-4-10-11(6-9)16-13-8-2-1-7(5-8)12(13)15-10/h3-4,6-8H,1-2,5H2,(H,17,18). The van der Waals surface area contributed by atoms with E-state index >= 15 is 0 Å². The van der Waals surface area contributed by atoms with E-state index in [1.165, 1.54) is 19.3 Å². The van der Waals surface area contributed by atoms with E-state index in [2.05, 4.69) is 9.97 Å². The highest BCUT2D eigenvalue weighted by atomic mass is 16.4. The fourth-order valence-corrected chi connectivity index (χ4v) is 3.29. The molecule has 2 atom stereocenters. The number of nitrogens with zero attached hydrogens (tertiary/aromatic N) is 2. The molecule has 1 aromatic carbocycles. The van der Waals surface area contributed by atoms with E-state index in [-0.39, 0.29) is 5.56 Å². The first-order valence-electron chi connectivity index (χ1n) is 6.27. The second-order valence-electron chi connectivity index (χ2n) is 5.21. The van der Waals surface area contributed by atoms with Gasteiger partial charge in [0.1, 0.15) is 0 Å². The topological polar surface area (TPSA) is 63.1 Å². The van der Waals surface area contributed by atoms with E-state index in [4.69, 9.17) is 5.11 Å². The molecule has 0 saturated heterocycles. The van der Waals surface area contributed by atoms with Crippen LogP contribution in [0.25, 0.3) is 11.0 Å². The number of carbonyl (C=O) groups is 1. The molecule has 1 saturated carbocycles. The van der Waals surface area contributed by atoms with Gasteiger partial charge >= 0.3 is 5.97 Å². The quantitative estimate of drug-likeness (QED) is 0.832. The summed E-state index contributed by atoms with van der Waals surface area (Å²) in [5.41, 5.74) is 4.07. The molecular formula is C14H12N2O2. The van der Waals surface area contributed by atoms with Gasteiger partial charge in [-0.2, -0.15) is 0 Å². The Morgan fingerprint density at radius 2 is 1.78 bits per heavy atom. The maximum absolute atomic E-state index is 11.0. The minimum absolute atomic E-state index is 0.278. The van der Waals surface area contributed by atoms with Crippen LogP contribution >= 0.6 is 0 Å². The summed E-state index contributed by atoms with van der Waals surface area (Å²) in [6.45, 7) is 0. The van der Waals surface area contributed by atoms with Gasteiger partial charge in [0.25, 0.3) is 0 Å². The Bertz CT molecular complexity index is 681. The van der Waals surface area contributed by atoms with Gasteiger partial charge in [-0.05, 0) is 37.5 Å². The molecule has 1 fully saturated rings. The van der Waals surface area contributed by atoms with Crippen LogP contribution in [-0.2, 0) is 0 Å². The molecular weight excluding hydrogens is 228 g/mol. The van der Waals surface area contributed by atoms with Crippen molar-refractivity contribution in [1.29, 1.82) is 0 Å². The normalized spacial score (nSPS) is 24.4. The van der Waals surface area contributed by atoms with Crippen molar-refractivity contribution in [1.82, 2.24) is 9.97 Å². The second kappa shape index (κ2) is 3.28. The number of hydrogen-bond donors (Lipinski definition) is 1. The molecule has 0 amide bonds. The largest absolute Gasteiger partial charge is 0.478 e. The number of carboxylic acid groups (broad SMARTS) is 1. The summed E-state index contributed by atoms with van der Waals surface area (Å²) in [7, 11) is 0. The number of aromatic carboxylic acids is 1. The summed E-state index contributed by atoms with van der Waals surface area (Å²) in [6, 6.07) is 4.98. The van der Waals surface area contributed by atoms with Crippen molar-refractivity contribution in [3.63, 3.8) is 0 Å². The van der Waals surface area contributed by atoms with Crippen LogP contribution < -0.4 is 0 Å². The Labute approximate surface area is 104 Å². The van der Waals surface area contributed by atoms with Crippen molar-refractivity contribution >= 4 is 17.0 Å². The van der Waals surface area contributed by atoms with E-state index in [1.807, 2.05) is 0 Å². The first-order valence-corrected chi connectivity index (χ1v) is 6.27. The van der Waals surface area contributed by atoms with Crippen LogP contribution in [0.4, 0.5) is 0 Å². The van der Waals surface area contributed by atoms with Crippen LogP contribution in [0.5, 0.6) is 0 Å². The molecule has 4 heteroatoms. The van der Waals surface area contributed by atoms with Crippen molar-refractivity contribution in [3.8, 4) is 0 Å². The SMILES string of the molecule is O=C(O)c1ccc2nc3c(nc2c1)C1CCC3C1. The van der Waals surface area contributed by atoms with Gasteiger partial charge in [0, 0.05) is 11.8 Å². The molecule has 18 heavy (non-hydrogen) atoms. The predicted octanol–water partition coefficient (Wildman–Crippen LogP) is 2.69. The van der Waals surface area contributed by atoms with Crippen LogP contribution in [-0.4, -0.2) is 21.0 Å². The molecule has 2 bridgehead atoms. The van der Waals surface area contributed by atoms with E-state index in [9.17, 15) is 4.79 Å². The van der Waals surface area contributed by atoms with Crippen LogP contribution in [0.3, 0.4) is 0 Å². The second-order valence-corrected chi connectivity index (χ2v) is 5.21. The summed E-state index contributed by atoms with van der Waals surface area (Å²) in [5, 5.41) is 8.99. The van der Waals surface area contributed by atoms with Gasteiger partial charge in [-0.25, -0.2) is 14.8 Å². The number of aromatic nitrogens is 2. The number of rotatable bonds is 1. The molecule has 4 rings (SSSR count). The van der Waals surface area contributed by atoms with Crippen molar-refractivity contribution in [3.05, 3.63) is 35.2 Å². The van der Waals surface area contributed by atoms with Gasteiger partial charge in [0.15, 0.2) is 0 Å². The number of carboxylic acids is 1. The van der Waals surface area contributed by atoms with Crippen molar-refractivity contribution in [2.24, 2.45) is 0 Å². The number of fused-ring (bicyclic) bond motifs is 6. The van der Waals surface area contributed by atoms with Crippen molar-refractivity contribution < 1.29 is 9.90 Å². The monoisotopic (exact) mass is 240 g/mol. The van der Waals surface area contributed by atoms with Crippen molar-refractivity contribution in [2.75, 3.05) is 0 Å². The Morgan fingerprint density at radius 3 is 2.44 bits per heavy atom. The fraction of sp³-hybridized carbons (Fsp3) is 0.357. The Morgan fingerprint density at radius 1 is 1.11 bits per heavy atom. The Balaban J connectivity index is 1.96. The molecule has 0 radical (unpaired) electrons. The van der Waals surface area contributed by atoms with E-state index in [0.717, 1.165) is 16.9 Å². The highest BCUT2D eigenvalue weighted by Crippen LogP contribution is 2.51. The third kappa shape index (κ3) is 1.23. The van der Waals surface area contributed by atoms with E-state index in [1.54, 1.807) is 18.2 Å². The first-order chi connectivity index (χ1) is 8.72. The highest BCUT2D eigenvalue weighted by molar-refractivity contribution is 5.92. The summed E-state index contributed by atoms with van der Waals surface area (Å²) < 4.78 is 0. The fourth-order valence-electron chi connectivity index (χ4n) is 3.29. The predicted molar refractivity (Wildman–Crippen MR) is 65.8 cm³/mol. The average molecular weight is 240 g/mol. The zero-order chi connectivity index (χ0) is 12.3. The van der Waals surface area contributed by atoms with Crippen molar-refractivity contribution in [2.45, 2.75) is 31.1 Å². The molecule has 4 nitrogen and oxygen atoms in total. The van der Waals surface area contributed by atoms with Crippen LogP contribution in [0.2, 0.25) is 0 Å². The van der Waals surface area contributed by atoms with Crippen LogP contribution in [0.1, 0.15) is 52.8 Å². The lowest BCUT2D eigenvalue weighted by Crippen LogP contribution is -2.05. The maximum Gasteiger partial charge on any atom is 0.335 e. The van der Waals surface area contributed by atoms with E-state index < -0.39 is 5.97 Å². The smallest absolute Gasteiger partial charge is 0.335 e. The molecule has 1 aromatic heterocycles. The summed E-state index contributed by atoms with van der Waals surface area (Å²) in [6.07, 6.45) is 3.61. The van der Waals surface area contributed by atoms with Gasteiger partial charge < -0.3 is 5.11 Å². The van der Waals surface area contributed by atoms with Gasteiger partial charge in [-0.15, -0.1) is 0 Å². The minimum Gasteiger partial charge on any atom is -0.478 e. The molecule has 1 N–H and O–H groups in total. The number of benzene rings is 1. The molecule has 90 valence electrons. The molecule has 0 spiro atoms. The molecule has 2 unspecified atom stereocenters. The third-order valence-corrected chi connectivity index (χ3v) is 4.17. The average Bonchev–Trinajstić information content (AvgIpc) is 2.97. The summed E-state index contributed by atoms with van der Waals surface area (Å²) >= 11 is 0. The summed E-state index contributed by atoms with van der Waals surface area (Å²) in [5.74, 6) is 0.220. The lowest BCUT2D eigenvalue weighted by atomic mass is 10.00. The first kappa shape index (κ1) is 10.00. The molecule has 2 aromatic rings. The van der Waals surface area contributed by atoms with Gasteiger partial charge in [-0.3, -0.25) is 0 Å². The minimum atomic E-state index is -0.916. The lowest BCUT2D eigenvalue weighted by molar-refractivity contribution is 0.0697. The van der Waals surface area contributed by atoms with Gasteiger partial charge in [-0.1, -0.05) is 0 Å². The van der Waals surface area contributed by atoms with E-state index in [0.29, 0.717) is 17.4 Å². The highest BCUT2D eigenvalue weighted by Gasteiger charge is 2.39. The van der Waals surface area contributed by atoms with Gasteiger partial charge in [0.05, 0.1) is 28.0 Å². The Kier molecular flexibility index (Phi) is 1.82. The zero-order valence-corrected chi connectivity index (χ0v) is 9.76. The summed E-state index contributed by atoms with van der Waals surface area (Å²) in [4.78, 5) is 20.3. The lowest BCUT2D eigenvalue weighted by Gasteiger charge is -2.13. The number of hydrogen-bond acceptors (Lipinski definition) is 3. The van der Waals surface area contributed by atoms with Gasteiger partial charge in [0.2, 0.25) is 0 Å². The molecule has 2 aliphatic carbocycles. The third-order valence-electron chi connectivity index (χ3n) is 4.17.